The number of nitrogens with zero attached hydrogens (tertiary/aromatic N) is 1. The summed E-state index contributed by atoms with van der Waals surface area (Å²) in [6.07, 6.45) is 14.5. The molecule has 0 heterocycles. The number of carbonyl (C=O) groups is 1. The summed E-state index contributed by atoms with van der Waals surface area (Å²) in [6, 6.07) is 0. The lowest BCUT2D eigenvalue weighted by Crippen LogP contribution is -1.93. The molecule has 0 saturated heterocycles. The number of rotatable bonds is 15. The monoisotopic (exact) mass is 317 g/mol. The molecule has 132 valence electrons. The molecule has 0 aromatic heterocycles. The van der Waals surface area contributed by atoms with Crippen molar-refractivity contribution in [2.75, 3.05) is 6.61 Å². The number of carboxylic acids is 1. The fourth-order valence-electron chi connectivity index (χ4n) is 2.04. The van der Waals surface area contributed by atoms with Crippen molar-refractivity contribution in [1.82, 2.24) is 0 Å². The molecule has 0 spiro atoms. The van der Waals surface area contributed by atoms with Gasteiger partial charge in [-0.25, -0.2) is 0 Å². The van der Waals surface area contributed by atoms with Gasteiger partial charge in [0.15, 0.2) is 5.34 Å². The summed E-state index contributed by atoms with van der Waals surface area (Å²) in [7, 11) is 0. The molecule has 0 aliphatic heterocycles. The van der Waals surface area contributed by atoms with E-state index in [0.29, 0.717) is 13.0 Å². The Morgan fingerprint density at radius 3 is 1.73 bits per heavy atom. The predicted octanol–water partition coefficient (Wildman–Crippen LogP) is 5.87. The molecule has 5 heteroatoms. The van der Waals surface area contributed by atoms with E-state index >= 15 is 0 Å². The van der Waals surface area contributed by atoms with Crippen LogP contribution < -0.4 is 0 Å². The molecule has 0 aliphatic rings. The summed E-state index contributed by atoms with van der Waals surface area (Å²) in [4.78, 5) is 23.9. The van der Waals surface area contributed by atoms with Gasteiger partial charge in [0, 0.05) is 6.42 Å². The molecule has 0 radical (unpaired) electrons. The number of unbranched alkanes of at least 4 members (excludes halogenated alkanes) is 10. The molecule has 0 rings (SSSR count). The van der Waals surface area contributed by atoms with E-state index in [2.05, 4.69) is 24.0 Å². The Morgan fingerprint density at radius 1 is 0.818 bits per heavy atom. The summed E-state index contributed by atoms with van der Waals surface area (Å²) in [5, 5.41) is 10.6. The average molecular weight is 317 g/mol. The van der Waals surface area contributed by atoms with Crippen LogP contribution in [0.15, 0.2) is 5.34 Å². The van der Waals surface area contributed by atoms with Crippen molar-refractivity contribution < 1.29 is 14.7 Å². The average Bonchev–Trinajstić information content (AvgIpc) is 2.50. The molecule has 0 atom stereocenters. The molecule has 0 aromatic carbocycles. The number of carboxylic acid groups (broad SMARTS) is 1. The van der Waals surface area contributed by atoms with Gasteiger partial charge < -0.3 is 9.94 Å². The lowest BCUT2D eigenvalue weighted by Gasteiger charge is -1.97. The van der Waals surface area contributed by atoms with Crippen LogP contribution >= 0.6 is 0 Å². The largest absolute Gasteiger partial charge is 0.481 e. The third-order valence-electron chi connectivity index (χ3n) is 3.39. The standard InChI is InChI=1S/C9H18O2.C8H17NO2/c1-2-3-4-5-6-7-8-9(10)11;1-2-3-4-5-6-7-8-11-9-10/h2-8H2,1H3,(H,10,11);2-8H2,1H3. The fourth-order valence-corrected chi connectivity index (χ4v) is 2.04. The number of aliphatic carboxylic acids is 1. The van der Waals surface area contributed by atoms with Crippen molar-refractivity contribution in [1.29, 1.82) is 0 Å². The first-order chi connectivity index (χ1) is 10.7. The number of hydrogen-bond donors (Lipinski definition) is 1. The van der Waals surface area contributed by atoms with Gasteiger partial charge in [-0.1, -0.05) is 71.6 Å². The van der Waals surface area contributed by atoms with Crippen LogP contribution in [0.3, 0.4) is 0 Å². The molecule has 0 aromatic rings. The Labute approximate surface area is 135 Å². The van der Waals surface area contributed by atoms with Crippen molar-refractivity contribution in [3.05, 3.63) is 4.91 Å². The molecule has 0 saturated carbocycles. The van der Waals surface area contributed by atoms with Crippen molar-refractivity contribution in [2.45, 2.75) is 97.3 Å². The van der Waals surface area contributed by atoms with Crippen LogP contribution in [0.25, 0.3) is 0 Å². The molecule has 0 amide bonds. The summed E-state index contributed by atoms with van der Waals surface area (Å²) in [5.41, 5.74) is 0. The zero-order valence-electron chi connectivity index (χ0n) is 14.5. The van der Waals surface area contributed by atoms with Gasteiger partial charge in [-0.2, -0.15) is 0 Å². The minimum Gasteiger partial charge on any atom is -0.481 e. The molecule has 0 bridgehead atoms. The minimum absolute atomic E-state index is 0.339. The van der Waals surface area contributed by atoms with Crippen LogP contribution in [0.4, 0.5) is 0 Å². The van der Waals surface area contributed by atoms with Gasteiger partial charge in [-0.15, -0.1) is 4.91 Å². The fraction of sp³-hybridized carbons (Fsp3) is 0.941. The van der Waals surface area contributed by atoms with Gasteiger partial charge in [0.25, 0.3) is 0 Å². The second kappa shape index (κ2) is 22.2. The quantitative estimate of drug-likeness (QED) is 0.233. The van der Waals surface area contributed by atoms with E-state index in [1.165, 1.54) is 51.4 Å². The highest BCUT2D eigenvalue weighted by Gasteiger charge is 1.95. The molecule has 0 unspecified atom stereocenters. The van der Waals surface area contributed by atoms with Crippen LogP contribution in [-0.2, 0) is 9.63 Å². The van der Waals surface area contributed by atoms with Crippen LogP contribution in [-0.4, -0.2) is 17.7 Å². The number of hydrogen-bond acceptors (Lipinski definition) is 4. The van der Waals surface area contributed by atoms with Gasteiger partial charge >= 0.3 is 5.97 Å². The van der Waals surface area contributed by atoms with E-state index in [4.69, 9.17) is 5.11 Å². The van der Waals surface area contributed by atoms with Gasteiger partial charge in [0.1, 0.15) is 6.61 Å². The van der Waals surface area contributed by atoms with Gasteiger partial charge in [0.05, 0.1) is 0 Å². The Hall–Kier alpha value is -1.13. The molecule has 0 aliphatic carbocycles. The molecule has 22 heavy (non-hydrogen) atoms. The Kier molecular flexibility index (Phi) is 23.3. The SMILES string of the molecule is CCCCCCCCC(=O)O.CCCCCCCCON=O. The van der Waals surface area contributed by atoms with E-state index in [-0.39, 0.29) is 0 Å². The highest BCUT2D eigenvalue weighted by atomic mass is 16.7. The van der Waals surface area contributed by atoms with Crippen LogP contribution in [0.1, 0.15) is 97.3 Å². The third kappa shape index (κ3) is 27.3. The summed E-state index contributed by atoms with van der Waals surface area (Å²) in [5.74, 6) is -0.666. The van der Waals surface area contributed by atoms with E-state index in [0.717, 1.165) is 25.7 Å². The van der Waals surface area contributed by atoms with E-state index in [1.807, 2.05) is 0 Å². The molecular weight excluding hydrogens is 282 g/mol. The van der Waals surface area contributed by atoms with Crippen LogP contribution in [0, 0.1) is 4.91 Å². The van der Waals surface area contributed by atoms with Crippen molar-refractivity contribution >= 4 is 5.97 Å². The Bertz CT molecular complexity index is 235. The Morgan fingerprint density at radius 2 is 1.27 bits per heavy atom. The minimum atomic E-state index is -0.666. The van der Waals surface area contributed by atoms with Gasteiger partial charge in [-0.05, 0) is 19.3 Å². The van der Waals surface area contributed by atoms with Gasteiger partial charge in [0.2, 0.25) is 0 Å². The van der Waals surface area contributed by atoms with Gasteiger partial charge in [-0.3, -0.25) is 4.79 Å². The van der Waals surface area contributed by atoms with E-state index in [1.54, 1.807) is 0 Å². The zero-order valence-corrected chi connectivity index (χ0v) is 14.5. The molecule has 0 fully saturated rings. The van der Waals surface area contributed by atoms with E-state index < -0.39 is 5.97 Å². The maximum absolute atomic E-state index is 10.1. The van der Waals surface area contributed by atoms with Crippen molar-refractivity contribution in [3.8, 4) is 0 Å². The maximum Gasteiger partial charge on any atom is 0.303 e. The molecular formula is C17H35NO4. The summed E-state index contributed by atoms with van der Waals surface area (Å²) in [6.45, 7) is 4.85. The second-order valence-corrected chi connectivity index (χ2v) is 5.59. The maximum atomic E-state index is 10.1. The first-order valence-electron chi connectivity index (χ1n) is 8.85. The smallest absolute Gasteiger partial charge is 0.303 e. The zero-order chi connectivity index (χ0) is 16.9. The molecule has 5 nitrogen and oxygen atoms in total. The third-order valence-corrected chi connectivity index (χ3v) is 3.39. The lowest BCUT2D eigenvalue weighted by molar-refractivity contribution is -0.137. The first-order valence-corrected chi connectivity index (χ1v) is 8.85. The Balaban J connectivity index is 0. The topological polar surface area (TPSA) is 76.0 Å². The first kappa shape index (κ1) is 23.1. The summed E-state index contributed by atoms with van der Waals surface area (Å²) < 4.78 is 0. The van der Waals surface area contributed by atoms with E-state index in [9.17, 15) is 9.70 Å². The van der Waals surface area contributed by atoms with Crippen LogP contribution in [0.5, 0.6) is 0 Å². The predicted molar refractivity (Wildman–Crippen MR) is 90.8 cm³/mol. The highest BCUT2D eigenvalue weighted by molar-refractivity contribution is 5.66. The highest BCUT2D eigenvalue weighted by Crippen LogP contribution is 2.06. The normalized spacial score (nSPS) is 9.73. The lowest BCUT2D eigenvalue weighted by atomic mass is 10.1. The second-order valence-electron chi connectivity index (χ2n) is 5.59. The summed E-state index contributed by atoms with van der Waals surface area (Å²) >= 11 is 0. The van der Waals surface area contributed by atoms with Crippen molar-refractivity contribution in [2.24, 2.45) is 5.34 Å². The van der Waals surface area contributed by atoms with Crippen molar-refractivity contribution in [3.63, 3.8) is 0 Å². The molecule has 1 N–H and O–H groups in total. The van der Waals surface area contributed by atoms with Crippen LogP contribution in [0.2, 0.25) is 0 Å².